The second-order valence-corrected chi connectivity index (χ2v) is 5.82. The number of hydrogen-bond donors (Lipinski definition) is 0. The molecule has 6 heteroatoms. The van der Waals surface area contributed by atoms with Crippen LogP contribution in [0.1, 0.15) is 79.1 Å². The van der Waals surface area contributed by atoms with Gasteiger partial charge in [-0.25, -0.2) is 4.79 Å². The molecule has 0 rings (SSSR count). The number of unbranched alkanes of at least 4 members (excludes halogenated alkanes) is 1. The Kier molecular flexibility index (Phi) is 11.1. The maximum Gasteiger partial charge on any atom is 0.370 e. The molecule has 0 heterocycles. The Balaban J connectivity index is 5.70. The van der Waals surface area contributed by atoms with Gasteiger partial charge in [0.05, 0.1) is 6.61 Å². The van der Waals surface area contributed by atoms with Crippen LogP contribution in [0.5, 0.6) is 0 Å². The lowest BCUT2D eigenvalue weighted by Crippen LogP contribution is -2.53. The lowest BCUT2D eigenvalue weighted by molar-refractivity contribution is -0.278. The van der Waals surface area contributed by atoms with Gasteiger partial charge in [-0.05, 0) is 25.7 Å². The summed E-state index contributed by atoms with van der Waals surface area (Å²) in [5.41, 5.74) is -2.37. The maximum absolute atomic E-state index is 12.6. The van der Waals surface area contributed by atoms with Crippen molar-refractivity contribution in [1.29, 1.82) is 0 Å². The Hall–Kier alpha value is -1.56. The highest BCUT2D eigenvalue weighted by atomic mass is 17.2. The predicted octanol–water partition coefficient (Wildman–Crippen LogP) is 3.36. The fraction of sp³-hybridized carbons (Fsp3) is 0.778. The van der Waals surface area contributed by atoms with Crippen LogP contribution in [0.3, 0.4) is 0 Å². The van der Waals surface area contributed by atoms with Crippen molar-refractivity contribution >= 4 is 23.3 Å². The van der Waals surface area contributed by atoms with Gasteiger partial charge in [-0.1, -0.05) is 34.1 Å². The van der Waals surface area contributed by atoms with E-state index in [9.17, 15) is 19.2 Å². The smallest absolute Gasteiger partial charge is 0.297 e. The number of Topliss-reactive ketones (excluding diaryl/α,β-unsaturated/α-hetero) is 3. The van der Waals surface area contributed by atoms with E-state index in [1.165, 1.54) is 0 Å². The van der Waals surface area contributed by atoms with Crippen LogP contribution >= 0.6 is 0 Å². The molecule has 0 unspecified atom stereocenters. The number of ketones is 3. The first-order chi connectivity index (χ1) is 11.4. The fourth-order valence-corrected chi connectivity index (χ4v) is 2.41. The summed E-state index contributed by atoms with van der Waals surface area (Å²) < 4.78 is 0. The molecule has 0 spiro atoms. The molecular formula is C18H30O6. The summed E-state index contributed by atoms with van der Waals surface area (Å²) >= 11 is 0. The van der Waals surface area contributed by atoms with E-state index in [0.29, 0.717) is 25.7 Å². The van der Waals surface area contributed by atoms with Gasteiger partial charge in [-0.2, -0.15) is 4.89 Å². The average Bonchev–Trinajstić information content (AvgIpc) is 2.53. The van der Waals surface area contributed by atoms with E-state index in [2.05, 4.69) is 0 Å². The Morgan fingerprint density at radius 2 is 1.12 bits per heavy atom. The Bertz CT molecular complexity index is 395. The van der Waals surface area contributed by atoms with E-state index in [1.54, 1.807) is 20.8 Å². The third-order valence-corrected chi connectivity index (χ3v) is 3.71. The first kappa shape index (κ1) is 22.4. The molecule has 0 radical (unpaired) electrons. The molecule has 0 saturated heterocycles. The molecule has 0 aliphatic heterocycles. The number of carbonyl (C=O) groups excluding carboxylic acids is 4. The molecule has 24 heavy (non-hydrogen) atoms. The quantitative estimate of drug-likeness (QED) is 0.208. The van der Waals surface area contributed by atoms with Crippen LogP contribution in [-0.4, -0.2) is 29.9 Å². The van der Waals surface area contributed by atoms with Gasteiger partial charge >= 0.3 is 5.97 Å². The monoisotopic (exact) mass is 342 g/mol. The minimum atomic E-state index is -2.37. The minimum absolute atomic E-state index is 0.0328. The van der Waals surface area contributed by atoms with Crippen LogP contribution in [-0.2, 0) is 29.0 Å². The summed E-state index contributed by atoms with van der Waals surface area (Å²) in [4.78, 5) is 60.0. The highest BCUT2D eigenvalue weighted by Crippen LogP contribution is 2.30. The van der Waals surface area contributed by atoms with Crippen molar-refractivity contribution in [3.05, 3.63) is 0 Å². The van der Waals surface area contributed by atoms with E-state index in [0.717, 1.165) is 6.42 Å². The summed E-state index contributed by atoms with van der Waals surface area (Å²) in [6.07, 6.45) is 2.70. The number of hydrogen-bond acceptors (Lipinski definition) is 6. The second kappa shape index (κ2) is 11.9. The Labute approximate surface area is 144 Å². The molecule has 0 N–H and O–H groups in total. The number of rotatable bonds is 14. The first-order valence-electron chi connectivity index (χ1n) is 8.87. The van der Waals surface area contributed by atoms with Crippen molar-refractivity contribution in [2.45, 2.75) is 79.1 Å². The average molecular weight is 342 g/mol. The maximum atomic E-state index is 12.6. The zero-order valence-electron chi connectivity index (χ0n) is 15.3. The zero-order chi connectivity index (χ0) is 18.6. The Morgan fingerprint density at radius 3 is 1.46 bits per heavy atom. The topological polar surface area (TPSA) is 86.7 Å². The van der Waals surface area contributed by atoms with Crippen molar-refractivity contribution in [1.82, 2.24) is 0 Å². The van der Waals surface area contributed by atoms with Crippen LogP contribution in [0, 0.1) is 5.41 Å². The van der Waals surface area contributed by atoms with E-state index in [4.69, 9.17) is 9.78 Å². The SMILES string of the molecule is CCCCOOC(=O)C(C(=O)CCC)(C(=O)CCC)C(=O)CCC. The predicted molar refractivity (Wildman–Crippen MR) is 89.1 cm³/mol. The van der Waals surface area contributed by atoms with Gasteiger partial charge < -0.3 is 0 Å². The van der Waals surface area contributed by atoms with Crippen molar-refractivity contribution in [2.75, 3.05) is 6.61 Å². The van der Waals surface area contributed by atoms with Gasteiger partial charge in [0.15, 0.2) is 17.3 Å². The van der Waals surface area contributed by atoms with Gasteiger partial charge in [0, 0.05) is 19.3 Å². The third kappa shape index (κ3) is 5.51. The molecule has 0 bridgehead atoms. The van der Waals surface area contributed by atoms with Crippen molar-refractivity contribution < 1.29 is 29.0 Å². The largest absolute Gasteiger partial charge is 0.370 e. The number of carbonyl (C=O) groups is 4. The lowest BCUT2D eigenvalue weighted by atomic mass is 9.71. The van der Waals surface area contributed by atoms with Gasteiger partial charge in [0.2, 0.25) is 5.41 Å². The van der Waals surface area contributed by atoms with Crippen molar-refractivity contribution in [3.63, 3.8) is 0 Å². The standard InChI is InChI=1S/C18H30O6/c1-5-9-13-23-24-17(22)18(14(19)10-6-2,15(20)11-7-3)16(21)12-8-4/h5-13H2,1-4H3. The molecule has 0 aliphatic carbocycles. The molecule has 0 aromatic heterocycles. The van der Waals surface area contributed by atoms with Crippen molar-refractivity contribution in [3.8, 4) is 0 Å². The molecule has 0 aromatic rings. The first-order valence-corrected chi connectivity index (χ1v) is 8.87. The van der Waals surface area contributed by atoms with E-state index in [1.807, 2.05) is 6.92 Å². The van der Waals surface area contributed by atoms with Gasteiger partial charge in [-0.15, -0.1) is 0 Å². The normalized spacial score (nSPS) is 11.2. The van der Waals surface area contributed by atoms with Crippen LogP contribution in [0.15, 0.2) is 0 Å². The van der Waals surface area contributed by atoms with Crippen molar-refractivity contribution in [2.24, 2.45) is 5.41 Å². The van der Waals surface area contributed by atoms with Crippen LogP contribution in [0.4, 0.5) is 0 Å². The Morgan fingerprint density at radius 1 is 0.708 bits per heavy atom. The second-order valence-electron chi connectivity index (χ2n) is 5.82. The highest BCUT2D eigenvalue weighted by Gasteiger charge is 2.58. The molecule has 0 saturated carbocycles. The van der Waals surface area contributed by atoms with Gasteiger partial charge in [0.1, 0.15) is 0 Å². The van der Waals surface area contributed by atoms with Gasteiger partial charge in [-0.3, -0.25) is 19.3 Å². The molecular weight excluding hydrogens is 312 g/mol. The molecule has 6 nitrogen and oxygen atoms in total. The molecule has 0 atom stereocenters. The van der Waals surface area contributed by atoms with E-state index in [-0.39, 0.29) is 25.9 Å². The molecule has 0 fully saturated rings. The van der Waals surface area contributed by atoms with Crippen LogP contribution in [0.2, 0.25) is 0 Å². The zero-order valence-corrected chi connectivity index (χ0v) is 15.3. The summed E-state index contributed by atoms with van der Waals surface area (Å²) in [6.45, 7) is 7.35. The van der Waals surface area contributed by atoms with Crippen LogP contribution in [0.25, 0.3) is 0 Å². The third-order valence-electron chi connectivity index (χ3n) is 3.71. The molecule has 0 aromatic carbocycles. The van der Waals surface area contributed by atoms with Gasteiger partial charge in [0.25, 0.3) is 0 Å². The van der Waals surface area contributed by atoms with Crippen LogP contribution < -0.4 is 0 Å². The molecule has 0 aliphatic rings. The van der Waals surface area contributed by atoms with E-state index >= 15 is 0 Å². The summed E-state index contributed by atoms with van der Waals surface area (Å²) in [7, 11) is 0. The fourth-order valence-electron chi connectivity index (χ4n) is 2.41. The highest BCUT2D eigenvalue weighted by molar-refractivity contribution is 6.37. The van der Waals surface area contributed by atoms with E-state index < -0.39 is 28.7 Å². The summed E-state index contributed by atoms with van der Waals surface area (Å²) in [5.74, 6) is -3.25. The summed E-state index contributed by atoms with van der Waals surface area (Å²) in [6, 6.07) is 0. The molecule has 0 amide bonds. The lowest BCUT2D eigenvalue weighted by Gasteiger charge is -2.26. The summed E-state index contributed by atoms with van der Waals surface area (Å²) in [5, 5.41) is 0. The molecule has 138 valence electrons. The minimum Gasteiger partial charge on any atom is -0.297 e.